The molecule has 0 unspecified atom stereocenters. The summed E-state index contributed by atoms with van der Waals surface area (Å²) in [7, 11) is 4.33. The molecular formula is C13H20ClN3. The van der Waals surface area contributed by atoms with Crippen molar-refractivity contribution in [3.63, 3.8) is 0 Å². The quantitative estimate of drug-likeness (QED) is 0.771. The second kappa shape index (κ2) is 5.69. The highest BCUT2D eigenvalue weighted by atomic mass is 35.5. The number of nitrogens with zero attached hydrogens (tertiary/aromatic N) is 3. The fourth-order valence-electron chi connectivity index (χ4n) is 2.45. The smallest absolute Gasteiger partial charge is 0.0509 e. The van der Waals surface area contributed by atoms with Crippen molar-refractivity contribution in [1.29, 1.82) is 0 Å². The number of hydrogen-bond acceptors (Lipinski definition) is 3. The SMILES string of the molecule is CN(C)C1CCN(c2ccncc2CCl)CC1. The second-order valence-electron chi connectivity index (χ2n) is 4.82. The summed E-state index contributed by atoms with van der Waals surface area (Å²) in [4.78, 5) is 8.89. The van der Waals surface area contributed by atoms with Crippen LogP contribution in [0.2, 0.25) is 0 Å². The van der Waals surface area contributed by atoms with Crippen LogP contribution in [0.15, 0.2) is 18.5 Å². The van der Waals surface area contributed by atoms with E-state index in [0.717, 1.165) is 18.7 Å². The maximum atomic E-state index is 5.96. The molecule has 0 bridgehead atoms. The van der Waals surface area contributed by atoms with Crippen LogP contribution in [-0.4, -0.2) is 43.1 Å². The van der Waals surface area contributed by atoms with E-state index in [2.05, 4.69) is 34.9 Å². The number of alkyl halides is 1. The summed E-state index contributed by atoms with van der Waals surface area (Å²) >= 11 is 5.96. The molecule has 0 radical (unpaired) electrons. The molecule has 1 fully saturated rings. The van der Waals surface area contributed by atoms with Gasteiger partial charge in [-0.05, 0) is 33.0 Å². The highest BCUT2D eigenvalue weighted by Crippen LogP contribution is 2.25. The molecule has 0 N–H and O–H groups in total. The predicted molar refractivity (Wildman–Crippen MR) is 72.7 cm³/mol. The maximum absolute atomic E-state index is 5.96. The van der Waals surface area contributed by atoms with Crippen molar-refractivity contribution >= 4 is 17.3 Å². The Bertz CT molecular complexity index is 359. The number of aromatic nitrogens is 1. The summed E-state index contributed by atoms with van der Waals surface area (Å²) < 4.78 is 0. The van der Waals surface area contributed by atoms with Crippen LogP contribution in [0.25, 0.3) is 0 Å². The molecule has 1 saturated heterocycles. The number of rotatable bonds is 3. The Hall–Kier alpha value is -0.800. The van der Waals surface area contributed by atoms with Gasteiger partial charge in [-0.15, -0.1) is 11.6 Å². The lowest BCUT2D eigenvalue weighted by molar-refractivity contribution is 0.249. The standard InChI is InChI=1S/C13H20ClN3/c1-16(2)12-4-7-17(8-5-12)13-3-6-15-10-11(13)9-14/h3,6,10,12H,4-5,7-9H2,1-2H3. The Kier molecular flexibility index (Phi) is 4.24. The van der Waals surface area contributed by atoms with Crippen LogP contribution in [0, 0.1) is 0 Å². The van der Waals surface area contributed by atoms with Gasteiger partial charge in [-0.2, -0.15) is 0 Å². The minimum absolute atomic E-state index is 0.538. The van der Waals surface area contributed by atoms with E-state index in [1.165, 1.54) is 18.5 Å². The fourth-order valence-corrected chi connectivity index (χ4v) is 2.66. The van der Waals surface area contributed by atoms with Crippen molar-refractivity contribution in [1.82, 2.24) is 9.88 Å². The molecule has 4 heteroatoms. The van der Waals surface area contributed by atoms with Crippen molar-refractivity contribution in [3.05, 3.63) is 24.0 Å². The molecule has 17 heavy (non-hydrogen) atoms. The van der Waals surface area contributed by atoms with Gasteiger partial charge in [-0.3, -0.25) is 4.98 Å². The first-order valence-electron chi connectivity index (χ1n) is 6.12. The Morgan fingerprint density at radius 2 is 2.12 bits per heavy atom. The summed E-state index contributed by atoms with van der Waals surface area (Å²) in [6.45, 7) is 2.22. The fraction of sp³-hybridized carbons (Fsp3) is 0.615. The lowest BCUT2D eigenvalue weighted by Gasteiger charge is -2.37. The van der Waals surface area contributed by atoms with E-state index < -0.39 is 0 Å². The van der Waals surface area contributed by atoms with Gasteiger partial charge in [0.2, 0.25) is 0 Å². The third-order valence-electron chi connectivity index (χ3n) is 3.56. The van der Waals surface area contributed by atoms with E-state index in [1.807, 2.05) is 12.4 Å². The van der Waals surface area contributed by atoms with Crippen LogP contribution in [0.5, 0.6) is 0 Å². The third kappa shape index (κ3) is 2.90. The molecule has 1 aromatic rings. The highest BCUT2D eigenvalue weighted by molar-refractivity contribution is 6.17. The van der Waals surface area contributed by atoms with Crippen LogP contribution < -0.4 is 4.90 Å². The van der Waals surface area contributed by atoms with E-state index in [4.69, 9.17) is 11.6 Å². The first-order chi connectivity index (χ1) is 8.22. The van der Waals surface area contributed by atoms with Crippen LogP contribution in [0.3, 0.4) is 0 Å². The summed E-state index contributed by atoms with van der Waals surface area (Å²) in [6, 6.07) is 2.79. The number of halogens is 1. The molecule has 0 saturated carbocycles. The minimum Gasteiger partial charge on any atom is -0.371 e. The minimum atomic E-state index is 0.538. The van der Waals surface area contributed by atoms with E-state index in [-0.39, 0.29) is 0 Å². The molecule has 3 nitrogen and oxygen atoms in total. The first kappa shape index (κ1) is 12.7. The van der Waals surface area contributed by atoms with Gasteiger partial charge in [-0.25, -0.2) is 0 Å². The van der Waals surface area contributed by atoms with Gasteiger partial charge in [0.05, 0.1) is 5.88 Å². The van der Waals surface area contributed by atoms with Crippen molar-refractivity contribution in [2.45, 2.75) is 24.8 Å². The molecular weight excluding hydrogens is 234 g/mol. The van der Waals surface area contributed by atoms with Crippen LogP contribution in [0.4, 0.5) is 5.69 Å². The summed E-state index contributed by atoms with van der Waals surface area (Å²) in [5, 5.41) is 0. The molecule has 2 heterocycles. The molecule has 94 valence electrons. The zero-order valence-corrected chi connectivity index (χ0v) is 11.3. The van der Waals surface area contributed by atoms with Gasteiger partial charge in [0.25, 0.3) is 0 Å². The van der Waals surface area contributed by atoms with Crippen molar-refractivity contribution in [2.24, 2.45) is 0 Å². The van der Waals surface area contributed by atoms with Gasteiger partial charge in [0, 0.05) is 42.8 Å². The summed E-state index contributed by atoms with van der Waals surface area (Å²) in [6.07, 6.45) is 6.16. The zero-order valence-electron chi connectivity index (χ0n) is 10.6. The van der Waals surface area contributed by atoms with Gasteiger partial charge in [-0.1, -0.05) is 0 Å². The molecule has 0 amide bonds. The van der Waals surface area contributed by atoms with E-state index >= 15 is 0 Å². The number of hydrogen-bond donors (Lipinski definition) is 0. The number of pyridine rings is 1. The summed E-state index contributed by atoms with van der Waals surface area (Å²) in [5.74, 6) is 0.538. The molecule has 0 aliphatic carbocycles. The highest BCUT2D eigenvalue weighted by Gasteiger charge is 2.21. The van der Waals surface area contributed by atoms with Crippen LogP contribution in [0.1, 0.15) is 18.4 Å². The lowest BCUT2D eigenvalue weighted by atomic mass is 10.0. The summed E-state index contributed by atoms with van der Waals surface area (Å²) in [5.41, 5.74) is 2.39. The zero-order chi connectivity index (χ0) is 12.3. The largest absolute Gasteiger partial charge is 0.371 e. The van der Waals surface area contributed by atoms with Crippen LogP contribution >= 0.6 is 11.6 Å². The van der Waals surface area contributed by atoms with Crippen LogP contribution in [-0.2, 0) is 5.88 Å². The molecule has 0 spiro atoms. The monoisotopic (exact) mass is 253 g/mol. The van der Waals surface area contributed by atoms with Gasteiger partial charge >= 0.3 is 0 Å². The lowest BCUT2D eigenvalue weighted by Crippen LogP contribution is -2.42. The molecule has 1 aliphatic heterocycles. The topological polar surface area (TPSA) is 19.4 Å². The molecule has 1 aromatic heterocycles. The molecule has 0 atom stereocenters. The van der Waals surface area contributed by atoms with E-state index in [0.29, 0.717) is 11.9 Å². The number of anilines is 1. The average molecular weight is 254 g/mol. The second-order valence-corrected chi connectivity index (χ2v) is 5.09. The molecule has 1 aliphatic rings. The Morgan fingerprint density at radius 3 is 2.71 bits per heavy atom. The predicted octanol–water partition coefficient (Wildman–Crippen LogP) is 2.35. The van der Waals surface area contributed by atoms with Gasteiger partial charge in [0.1, 0.15) is 0 Å². The Balaban J connectivity index is 2.05. The molecule has 0 aromatic carbocycles. The van der Waals surface area contributed by atoms with Crippen molar-refractivity contribution < 1.29 is 0 Å². The van der Waals surface area contributed by atoms with Gasteiger partial charge in [0.15, 0.2) is 0 Å². The third-order valence-corrected chi connectivity index (χ3v) is 3.85. The first-order valence-corrected chi connectivity index (χ1v) is 6.66. The normalized spacial score (nSPS) is 17.8. The number of piperidine rings is 1. The Morgan fingerprint density at radius 1 is 1.41 bits per heavy atom. The van der Waals surface area contributed by atoms with E-state index in [9.17, 15) is 0 Å². The van der Waals surface area contributed by atoms with Crippen molar-refractivity contribution in [2.75, 3.05) is 32.1 Å². The Labute approximate surface area is 108 Å². The van der Waals surface area contributed by atoms with E-state index in [1.54, 1.807) is 0 Å². The molecule has 2 rings (SSSR count). The maximum Gasteiger partial charge on any atom is 0.0509 e. The van der Waals surface area contributed by atoms with Gasteiger partial charge < -0.3 is 9.80 Å². The van der Waals surface area contributed by atoms with Crippen molar-refractivity contribution in [3.8, 4) is 0 Å². The average Bonchev–Trinajstić information content (AvgIpc) is 2.39.